The van der Waals surface area contributed by atoms with Crippen LogP contribution in [-0.4, -0.2) is 50.8 Å². The molecule has 2 rings (SSSR count). The van der Waals surface area contributed by atoms with Gasteiger partial charge in [-0.3, -0.25) is 4.99 Å². The first-order valence-electron chi connectivity index (χ1n) is 9.87. The Bertz CT molecular complexity index is 562. The average Bonchev–Trinajstić information content (AvgIpc) is 2.67. The molecule has 2 N–H and O–H groups in total. The summed E-state index contributed by atoms with van der Waals surface area (Å²) in [5, 5.41) is 6.90. The molecule has 0 atom stereocenters. The number of ether oxygens (including phenoxy) is 1. The molecule has 1 aromatic rings. The molecule has 0 aliphatic carbocycles. The second-order valence-corrected chi connectivity index (χ2v) is 8.02. The molecule has 1 saturated heterocycles. The Morgan fingerprint density at radius 1 is 1.19 bits per heavy atom. The van der Waals surface area contributed by atoms with Crippen LogP contribution in [0.2, 0.25) is 0 Å². The number of rotatable bonds is 9. The molecule has 1 heterocycles. The highest BCUT2D eigenvalue weighted by molar-refractivity contribution is 14.0. The zero-order chi connectivity index (χ0) is 18.7. The Balaban J connectivity index is 0.00000364. The van der Waals surface area contributed by atoms with Gasteiger partial charge in [0, 0.05) is 31.7 Å². The number of thioether (sulfide) groups is 1. The number of halogens is 1. The van der Waals surface area contributed by atoms with Crippen molar-refractivity contribution in [2.45, 2.75) is 44.9 Å². The number of hydrogen-bond donors (Lipinski definition) is 2. The molecule has 0 aromatic heterocycles. The molecule has 0 bridgehead atoms. The lowest BCUT2D eigenvalue weighted by atomic mass is 9.72. The van der Waals surface area contributed by atoms with Crippen molar-refractivity contribution in [2.24, 2.45) is 4.99 Å². The summed E-state index contributed by atoms with van der Waals surface area (Å²) < 4.78 is 5.66. The van der Waals surface area contributed by atoms with Crippen molar-refractivity contribution in [1.29, 1.82) is 0 Å². The molecule has 0 saturated carbocycles. The van der Waals surface area contributed by atoms with Gasteiger partial charge in [0.05, 0.1) is 6.54 Å². The highest BCUT2D eigenvalue weighted by Gasteiger charge is 2.35. The normalized spacial score (nSPS) is 16.5. The van der Waals surface area contributed by atoms with Gasteiger partial charge in [-0.05, 0) is 62.7 Å². The Kier molecular flexibility index (Phi) is 12.4. The largest absolute Gasteiger partial charge is 0.381 e. The number of unbranched alkanes of at least 4 members (excludes halogenated alkanes) is 1. The minimum Gasteiger partial charge on any atom is -0.381 e. The van der Waals surface area contributed by atoms with Gasteiger partial charge in [0.25, 0.3) is 0 Å². The van der Waals surface area contributed by atoms with E-state index in [9.17, 15) is 0 Å². The van der Waals surface area contributed by atoms with Gasteiger partial charge in [0.2, 0.25) is 0 Å². The number of guanidine groups is 1. The van der Waals surface area contributed by atoms with Crippen LogP contribution in [0.5, 0.6) is 0 Å². The summed E-state index contributed by atoms with van der Waals surface area (Å²) >= 11 is 1.91. The Morgan fingerprint density at radius 2 is 1.93 bits per heavy atom. The molecule has 4 nitrogen and oxygen atoms in total. The first-order valence-corrected chi connectivity index (χ1v) is 11.3. The van der Waals surface area contributed by atoms with E-state index in [1.165, 1.54) is 29.7 Å². The summed E-state index contributed by atoms with van der Waals surface area (Å²) in [6.07, 6.45) is 6.67. The van der Waals surface area contributed by atoms with E-state index in [2.05, 4.69) is 55.0 Å². The van der Waals surface area contributed by atoms with E-state index in [-0.39, 0.29) is 29.4 Å². The topological polar surface area (TPSA) is 45.7 Å². The highest BCUT2D eigenvalue weighted by Crippen LogP contribution is 2.36. The van der Waals surface area contributed by atoms with Crippen molar-refractivity contribution in [3.05, 3.63) is 35.4 Å². The summed E-state index contributed by atoms with van der Waals surface area (Å²) in [5.41, 5.74) is 2.88. The zero-order valence-electron chi connectivity index (χ0n) is 17.1. The predicted molar refractivity (Wildman–Crippen MR) is 130 cm³/mol. The number of aryl methyl sites for hydroxylation is 1. The van der Waals surface area contributed by atoms with Crippen LogP contribution in [0.15, 0.2) is 29.3 Å². The quantitative estimate of drug-likeness (QED) is 0.227. The van der Waals surface area contributed by atoms with Gasteiger partial charge in [-0.1, -0.05) is 24.3 Å². The Hall–Kier alpha value is -0.470. The lowest BCUT2D eigenvalue weighted by Crippen LogP contribution is -2.41. The first kappa shape index (κ1) is 24.6. The zero-order valence-corrected chi connectivity index (χ0v) is 20.2. The maximum atomic E-state index is 5.66. The third-order valence-electron chi connectivity index (χ3n) is 5.12. The predicted octanol–water partition coefficient (Wildman–Crippen LogP) is 4.36. The fourth-order valence-electron chi connectivity index (χ4n) is 3.59. The van der Waals surface area contributed by atoms with Gasteiger partial charge >= 0.3 is 0 Å². The van der Waals surface area contributed by atoms with Crippen LogP contribution >= 0.6 is 35.7 Å². The summed E-state index contributed by atoms with van der Waals surface area (Å²) in [6.45, 7) is 8.65. The van der Waals surface area contributed by atoms with Crippen molar-refractivity contribution < 1.29 is 4.74 Å². The summed E-state index contributed by atoms with van der Waals surface area (Å²) in [6, 6.07) is 8.76. The van der Waals surface area contributed by atoms with Gasteiger partial charge in [-0.15, -0.1) is 24.0 Å². The molecule has 0 unspecified atom stereocenters. The number of hydrogen-bond acceptors (Lipinski definition) is 3. The molecule has 27 heavy (non-hydrogen) atoms. The van der Waals surface area contributed by atoms with E-state index < -0.39 is 0 Å². The number of benzene rings is 1. The molecule has 0 amide bonds. The summed E-state index contributed by atoms with van der Waals surface area (Å²) in [7, 11) is 0. The fourth-order valence-corrected chi connectivity index (χ4v) is 4.09. The second-order valence-electron chi connectivity index (χ2n) is 7.03. The van der Waals surface area contributed by atoms with Crippen LogP contribution in [0.25, 0.3) is 0 Å². The molecule has 0 spiro atoms. The lowest BCUT2D eigenvalue weighted by molar-refractivity contribution is 0.0529. The van der Waals surface area contributed by atoms with E-state index in [0.717, 1.165) is 51.6 Å². The van der Waals surface area contributed by atoms with Crippen LogP contribution in [0.4, 0.5) is 0 Å². The molecule has 1 aliphatic rings. The third-order valence-corrected chi connectivity index (χ3v) is 5.81. The molecule has 0 radical (unpaired) electrons. The summed E-state index contributed by atoms with van der Waals surface area (Å²) in [5.74, 6) is 2.17. The van der Waals surface area contributed by atoms with Crippen molar-refractivity contribution in [1.82, 2.24) is 10.6 Å². The number of nitrogens with zero attached hydrogens (tertiary/aromatic N) is 1. The minimum absolute atomic E-state index is 0. The van der Waals surface area contributed by atoms with E-state index in [0.29, 0.717) is 0 Å². The fraction of sp³-hybridized carbons (Fsp3) is 0.667. The summed E-state index contributed by atoms with van der Waals surface area (Å²) in [4.78, 5) is 4.98. The van der Waals surface area contributed by atoms with Crippen molar-refractivity contribution >= 4 is 41.7 Å². The van der Waals surface area contributed by atoms with Gasteiger partial charge in [-0.25, -0.2) is 0 Å². The highest BCUT2D eigenvalue weighted by atomic mass is 127. The Morgan fingerprint density at radius 3 is 2.59 bits per heavy atom. The molecule has 1 aromatic carbocycles. The first-order chi connectivity index (χ1) is 12.7. The van der Waals surface area contributed by atoms with Crippen LogP contribution in [0.1, 0.15) is 43.7 Å². The maximum absolute atomic E-state index is 5.66. The third kappa shape index (κ3) is 7.81. The Labute approximate surface area is 186 Å². The molecule has 6 heteroatoms. The smallest absolute Gasteiger partial charge is 0.191 e. The van der Waals surface area contributed by atoms with Crippen LogP contribution < -0.4 is 10.6 Å². The second kappa shape index (κ2) is 13.7. The SMILES string of the molecule is CCNC(=NCC1(c2ccccc2C)CCOCC1)NCCCCSC.I. The van der Waals surface area contributed by atoms with E-state index >= 15 is 0 Å². The van der Waals surface area contributed by atoms with Gasteiger partial charge in [0.1, 0.15) is 0 Å². The molecule has 1 aliphatic heterocycles. The van der Waals surface area contributed by atoms with Crippen molar-refractivity contribution in [3.63, 3.8) is 0 Å². The number of nitrogens with one attached hydrogen (secondary N) is 2. The van der Waals surface area contributed by atoms with E-state index in [4.69, 9.17) is 9.73 Å². The minimum atomic E-state index is 0. The van der Waals surface area contributed by atoms with Crippen LogP contribution in [0.3, 0.4) is 0 Å². The van der Waals surface area contributed by atoms with Gasteiger partial charge < -0.3 is 15.4 Å². The standard InChI is InChI=1S/C21H35N3OS.HI/c1-4-22-20(23-13-7-8-16-26-3)24-17-21(11-14-25-15-12-21)19-10-6-5-9-18(19)2;/h5-6,9-10H,4,7-8,11-17H2,1-3H3,(H2,22,23,24);1H. The molecular weight excluding hydrogens is 469 g/mol. The van der Waals surface area contributed by atoms with Crippen LogP contribution in [-0.2, 0) is 10.2 Å². The molecule has 154 valence electrons. The van der Waals surface area contributed by atoms with Crippen LogP contribution in [0, 0.1) is 6.92 Å². The van der Waals surface area contributed by atoms with Crippen molar-refractivity contribution in [3.8, 4) is 0 Å². The van der Waals surface area contributed by atoms with E-state index in [1.54, 1.807) is 0 Å². The van der Waals surface area contributed by atoms with Gasteiger partial charge in [0.15, 0.2) is 5.96 Å². The average molecular weight is 506 g/mol. The van der Waals surface area contributed by atoms with E-state index in [1.807, 2.05) is 11.8 Å². The monoisotopic (exact) mass is 505 g/mol. The number of aliphatic imine (C=N–C) groups is 1. The molecular formula is C21H36IN3OS. The molecule has 1 fully saturated rings. The lowest BCUT2D eigenvalue weighted by Gasteiger charge is -2.37. The van der Waals surface area contributed by atoms with Crippen molar-refractivity contribution in [2.75, 3.05) is 44.9 Å². The maximum Gasteiger partial charge on any atom is 0.191 e. The van der Waals surface area contributed by atoms with Gasteiger partial charge in [-0.2, -0.15) is 11.8 Å².